The summed E-state index contributed by atoms with van der Waals surface area (Å²) in [5.41, 5.74) is 9.64. The van der Waals surface area contributed by atoms with Crippen molar-refractivity contribution in [3.8, 4) is 0 Å². The Morgan fingerprint density at radius 2 is 2.17 bits per heavy atom. The minimum absolute atomic E-state index is 0.739. The molecule has 3 nitrogen and oxygen atoms in total. The van der Waals surface area contributed by atoms with Crippen LogP contribution in [0.2, 0.25) is 0 Å². The number of hydrogen-bond acceptors (Lipinski definition) is 2. The Morgan fingerprint density at radius 3 is 2.92 bits per heavy atom. The molecular weight excluding hydrogens is 150 g/mol. The van der Waals surface area contributed by atoms with Crippen molar-refractivity contribution in [3.63, 3.8) is 0 Å². The largest absolute Gasteiger partial charge is 0.396 e. The van der Waals surface area contributed by atoms with Gasteiger partial charge in [0, 0.05) is 18.1 Å². The first-order valence-corrected chi connectivity index (χ1v) is 3.88. The molecule has 0 aliphatic carbocycles. The number of pyridine rings is 1. The fourth-order valence-corrected chi connectivity index (χ4v) is 1.37. The molecular formula is C9H11N3. The molecule has 3 heteroatoms. The van der Waals surface area contributed by atoms with Gasteiger partial charge in [-0.25, -0.2) is 4.98 Å². The number of nitrogens with zero attached hydrogens (tertiary/aromatic N) is 2. The molecule has 2 aromatic rings. The minimum Gasteiger partial charge on any atom is -0.396 e. The molecule has 2 aromatic heterocycles. The van der Waals surface area contributed by atoms with Crippen LogP contribution in [0, 0.1) is 13.8 Å². The van der Waals surface area contributed by atoms with Crippen molar-refractivity contribution >= 4 is 11.3 Å². The van der Waals surface area contributed by atoms with Crippen LogP contribution in [0.3, 0.4) is 0 Å². The molecule has 0 atom stereocenters. The average molecular weight is 161 g/mol. The molecule has 0 radical (unpaired) electrons. The number of anilines is 1. The van der Waals surface area contributed by atoms with E-state index in [4.69, 9.17) is 5.73 Å². The number of fused-ring (bicyclic) bond motifs is 1. The normalized spacial score (nSPS) is 10.8. The quantitative estimate of drug-likeness (QED) is 0.636. The van der Waals surface area contributed by atoms with Crippen LogP contribution < -0.4 is 5.73 Å². The monoisotopic (exact) mass is 161 g/mol. The molecule has 0 aliphatic heterocycles. The highest BCUT2D eigenvalue weighted by molar-refractivity contribution is 5.65. The third kappa shape index (κ3) is 0.863. The second kappa shape index (κ2) is 2.24. The van der Waals surface area contributed by atoms with Gasteiger partial charge < -0.3 is 10.1 Å². The molecule has 0 spiro atoms. The maximum atomic E-state index is 5.79. The molecule has 0 saturated heterocycles. The van der Waals surface area contributed by atoms with Gasteiger partial charge in [0.05, 0.1) is 5.69 Å². The number of aryl methyl sites for hydroxylation is 2. The summed E-state index contributed by atoms with van der Waals surface area (Å²) in [7, 11) is 0. The molecule has 2 heterocycles. The molecule has 0 unspecified atom stereocenters. The summed E-state index contributed by atoms with van der Waals surface area (Å²) in [6.45, 7) is 4.04. The molecule has 0 saturated carbocycles. The number of nitrogen functional groups attached to an aromatic ring is 1. The fourth-order valence-electron chi connectivity index (χ4n) is 1.37. The van der Waals surface area contributed by atoms with Crippen LogP contribution in [0.15, 0.2) is 18.5 Å². The van der Waals surface area contributed by atoms with Gasteiger partial charge in [-0.1, -0.05) is 0 Å². The summed E-state index contributed by atoms with van der Waals surface area (Å²) in [5.74, 6) is 0. The summed E-state index contributed by atoms with van der Waals surface area (Å²) >= 11 is 0. The molecule has 2 rings (SSSR count). The van der Waals surface area contributed by atoms with Gasteiger partial charge in [0.1, 0.15) is 0 Å². The second-order valence-corrected chi connectivity index (χ2v) is 3.07. The van der Waals surface area contributed by atoms with E-state index in [1.165, 1.54) is 0 Å². The highest BCUT2D eigenvalue weighted by atomic mass is 15.0. The number of nitrogens with two attached hydrogens (primary N) is 1. The van der Waals surface area contributed by atoms with Crippen LogP contribution in [0.5, 0.6) is 0 Å². The summed E-state index contributed by atoms with van der Waals surface area (Å²) in [5, 5.41) is 0. The maximum Gasteiger partial charge on any atom is 0.160 e. The van der Waals surface area contributed by atoms with E-state index in [2.05, 4.69) is 4.98 Å². The second-order valence-electron chi connectivity index (χ2n) is 3.07. The Hall–Kier alpha value is -1.51. The van der Waals surface area contributed by atoms with Gasteiger partial charge >= 0.3 is 0 Å². The van der Waals surface area contributed by atoms with Gasteiger partial charge in [-0.15, -0.1) is 0 Å². The van der Waals surface area contributed by atoms with Gasteiger partial charge in [-0.2, -0.15) is 0 Å². The first-order valence-electron chi connectivity index (χ1n) is 3.88. The van der Waals surface area contributed by atoms with Crippen molar-refractivity contribution < 1.29 is 0 Å². The van der Waals surface area contributed by atoms with E-state index >= 15 is 0 Å². The maximum absolute atomic E-state index is 5.79. The molecule has 2 N–H and O–H groups in total. The Morgan fingerprint density at radius 1 is 1.42 bits per heavy atom. The van der Waals surface area contributed by atoms with Gasteiger partial charge in [-0.3, -0.25) is 0 Å². The van der Waals surface area contributed by atoms with Crippen LogP contribution >= 0.6 is 0 Å². The van der Waals surface area contributed by atoms with E-state index < -0.39 is 0 Å². The van der Waals surface area contributed by atoms with Crippen molar-refractivity contribution in [2.45, 2.75) is 13.8 Å². The minimum atomic E-state index is 0.739. The summed E-state index contributed by atoms with van der Waals surface area (Å²) in [6.07, 6.45) is 3.86. The smallest absolute Gasteiger partial charge is 0.160 e. The number of rotatable bonds is 0. The predicted octanol–water partition coefficient (Wildman–Crippen LogP) is 1.53. The van der Waals surface area contributed by atoms with Crippen molar-refractivity contribution in [1.82, 2.24) is 9.38 Å². The molecule has 12 heavy (non-hydrogen) atoms. The topological polar surface area (TPSA) is 43.3 Å². The highest BCUT2D eigenvalue weighted by Crippen LogP contribution is 2.15. The highest BCUT2D eigenvalue weighted by Gasteiger charge is 2.02. The molecule has 0 aliphatic rings. The van der Waals surface area contributed by atoms with Crippen LogP contribution in [0.1, 0.15) is 11.3 Å². The number of imidazole rings is 1. The number of hydrogen-bond donors (Lipinski definition) is 1. The van der Waals surface area contributed by atoms with Crippen LogP contribution in [-0.4, -0.2) is 9.38 Å². The third-order valence-corrected chi connectivity index (χ3v) is 1.96. The van der Waals surface area contributed by atoms with E-state index in [1.54, 1.807) is 0 Å². The first kappa shape index (κ1) is 7.16. The van der Waals surface area contributed by atoms with Gasteiger partial charge in [0.15, 0.2) is 5.65 Å². The summed E-state index contributed by atoms with van der Waals surface area (Å²) in [4.78, 5) is 4.20. The zero-order valence-electron chi connectivity index (χ0n) is 7.20. The van der Waals surface area contributed by atoms with Crippen molar-refractivity contribution in [3.05, 3.63) is 29.7 Å². The van der Waals surface area contributed by atoms with E-state index in [0.717, 1.165) is 22.6 Å². The van der Waals surface area contributed by atoms with Crippen molar-refractivity contribution in [1.29, 1.82) is 0 Å². The lowest BCUT2D eigenvalue weighted by Gasteiger charge is -2.01. The zero-order chi connectivity index (χ0) is 8.72. The Balaban J connectivity index is 2.92. The lowest BCUT2D eigenvalue weighted by molar-refractivity contribution is 1.09. The lowest BCUT2D eigenvalue weighted by Crippen LogP contribution is -1.94. The zero-order valence-corrected chi connectivity index (χ0v) is 7.20. The van der Waals surface area contributed by atoms with Crippen LogP contribution in [0.25, 0.3) is 5.65 Å². The number of aromatic nitrogens is 2. The third-order valence-electron chi connectivity index (χ3n) is 1.96. The lowest BCUT2D eigenvalue weighted by atomic mass is 10.3. The summed E-state index contributed by atoms with van der Waals surface area (Å²) in [6, 6.07) is 1.93. The predicted molar refractivity (Wildman–Crippen MR) is 49.1 cm³/mol. The molecule has 62 valence electrons. The van der Waals surface area contributed by atoms with Crippen molar-refractivity contribution in [2.24, 2.45) is 0 Å². The Kier molecular flexibility index (Phi) is 1.33. The van der Waals surface area contributed by atoms with Crippen molar-refractivity contribution in [2.75, 3.05) is 5.73 Å². The standard InChI is InChI=1S/C9H11N3/c1-6-3-8(10)9-11-4-7(2)12(9)5-6/h3-5H,10H2,1-2H3. The average Bonchev–Trinajstić information content (AvgIpc) is 2.33. The fraction of sp³-hybridized carbons (Fsp3) is 0.222. The van der Waals surface area contributed by atoms with Gasteiger partial charge in [-0.05, 0) is 25.5 Å². The SMILES string of the molecule is Cc1cc(N)c2ncc(C)n2c1. The van der Waals surface area contributed by atoms with E-state index in [9.17, 15) is 0 Å². The molecule has 0 bridgehead atoms. The molecule has 0 aromatic carbocycles. The van der Waals surface area contributed by atoms with Crippen LogP contribution in [0.4, 0.5) is 5.69 Å². The Labute approximate surface area is 70.8 Å². The summed E-state index contributed by atoms with van der Waals surface area (Å²) < 4.78 is 2.00. The molecule has 0 fully saturated rings. The van der Waals surface area contributed by atoms with E-state index in [0.29, 0.717) is 0 Å². The molecule has 0 amide bonds. The first-order chi connectivity index (χ1) is 5.68. The Bertz CT molecular complexity index is 429. The van der Waals surface area contributed by atoms with Gasteiger partial charge in [0.25, 0.3) is 0 Å². The van der Waals surface area contributed by atoms with Gasteiger partial charge in [0.2, 0.25) is 0 Å². The van der Waals surface area contributed by atoms with E-state index in [-0.39, 0.29) is 0 Å². The van der Waals surface area contributed by atoms with Crippen LogP contribution in [-0.2, 0) is 0 Å². The van der Waals surface area contributed by atoms with E-state index in [1.807, 2.05) is 36.7 Å².